The summed E-state index contributed by atoms with van der Waals surface area (Å²) in [6.07, 6.45) is 3.32. The third-order valence-electron chi connectivity index (χ3n) is 1.88. The maximum absolute atomic E-state index is 11.7. The van der Waals surface area contributed by atoms with Crippen LogP contribution in [0.1, 0.15) is 34.6 Å². The Bertz CT molecular complexity index is 267. The fourth-order valence-electron chi connectivity index (χ4n) is 1.22. The Kier molecular flexibility index (Phi) is 3.39. The van der Waals surface area contributed by atoms with Crippen molar-refractivity contribution in [3.63, 3.8) is 0 Å². The highest BCUT2D eigenvalue weighted by atomic mass is 16.7. The van der Waals surface area contributed by atoms with Crippen LogP contribution < -0.4 is 0 Å². The van der Waals surface area contributed by atoms with Crippen LogP contribution in [-0.2, 0) is 9.57 Å². The van der Waals surface area contributed by atoms with Crippen molar-refractivity contribution in [3.8, 4) is 0 Å². The number of carbonyl (C=O) groups is 1. The molecule has 0 N–H and O–H groups in total. The first kappa shape index (κ1) is 12.0. The van der Waals surface area contributed by atoms with E-state index in [-0.39, 0.29) is 12.1 Å². The van der Waals surface area contributed by atoms with Gasteiger partial charge in [0.15, 0.2) is 0 Å². The molecule has 2 atom stereocenters. The minimum Gasteiger partial charge on any atom is -0.442 e. The molecule has 4 nitrogen and oxygen atoms in total. The molecule has 1 rings (SSSR count). The zero-order valence-electron chi connectivity index (χ0n) is 9.98. The molecule has 1 aliphatic heterocycles. The second kappa shape index (κ2) is 4.23. The molecular formula is C11H19NO3. The van der Waals surface area contributed by atoms with Crippen LogP contribution in [0.4, 0.5) is 4.79 Å². The van der Waals surface area contributed by atoms with Gasteiger partial charge in [0.1, 0.15) is 11.7 Å². The second-order valence-electron chi connectivity index (χ2n) is 4.74. The molecule has 0 aromatic rings. The van der Waals surface area contributed by atoms with Gasteiger partial charge >= 0.3 is 6.09 Å². The smallest absolute Gasteiger partial charge is 0.435 e. The fraction of sp³-hybridized carbons (Fsp3) is 0.727. The number of hydrogen-bond donors (Lipinski definition) is 0. The molecule has 0 saturated heterocycles. The number of hydrogen-bond acceptors (Lipinski definition) is 3. The van der Waals surface area contributed by atoms with Gasteiger partial charge in [0, 0.05) is 0 Å². The van der Waals surface area contributed by atoms with Gasteiger partial charge in [0.05, 0.1) is 6.04 Å². The van der Waals surface area contributed by atoms with Crippen LogP contribution in [0, 0.1) is 0 Å². The molecule has 0 bridgehead atoms. The Morgan fingerprint density at radius 1 is 1.33 bits per heavy atom. The number of nitrogens with zero attached hydrogens (tertiary/aromatic N) is 1. The summed E-state index contributed by atoms with van der Waals surface area (Å²) in [5.41, 5.74) is -0.495. The largest absolute Gasteiger partial charge is 0.442 e. The second-order valence-corrected chi connectivity index (χ2v) is 4.74. The van der Waals surface area contributed by atoms with E-state index in [1.54, 1.807) is 0 Å². The molecular weight excluding hydrogens is 194 g/mol. The van der Waals surface area contributed by atoms with Gasteiger partial charge in [0.25, 0.3) is 0 Å². The van der Waals surface area contributed by atoms with E-state index in [4.69, 9.17) is 9.57 Å². The van der Waals surface area contributed by atoms with Gasteiger partial charge in [-0.3, -0.25) is 4.84 Å². The molecule has 15 heavy (non-hydrogen) atoms. The van der Waals surface area contributed by atoms with Crippen molar-refractivity contribution in [3.05, 3.63) is 12.2 Å². The predicted octanol–water partition coefficient (Wildman–Crippen LogP) is 2.50. The summed E-state index contributed by atoms with van der Waals surface area (Å²) >= 11 is 0. The zero-order chi connectivity index (χ0) is 11.6. The lowest BCUT2D eigenvalue weighted by Crippen LogP contribution is -2.44. The quantitative estimate of drug-likeness (QED) is 0.580. The molecule has 0 aromatic carbocycles. The lowest BCUT2D eigenvalue weighted by atomic mass is 10.2. The summed E-state index contributed by atoms with van der Waals surface area (Å²) < 4.78 is 5.22. The van der Waals surface area contributed by atoms with Crippen molar-refractivity contribution in [1.29, 1.82) is 0 Å². The highest BCUT2D eigenvalue weighted by Gasteiger charge is 2.29. The maximum atomic E-state index is 11.7. The SMILES string of the molecule is C[C@@H]1C=C[C@H](C)N(C(=O)OC(C)(C)C)O1. The Balaban J connectivity index is 2.64. The average Bonchev–Trinajstić information content (AvgIpc) is 2.06. The van der Waals surface area contributed by atoms with Crippen molar-refractivity contribution in [2.75, 3.05) is 0 Å². The van der Waals surface area contributed by atoms with Gasteiger partial charge in [-0.15, -0.1) is 0 Å². The zero-order valence-corrected chi connectivity index (χ0v) is 9.98. The summed E-state index contributed by atoms with van der Waals surface area (Å²) in [5, 5.41) is 1.27. The first-order chi connectivity index (χ1) is 6.79. The van der Waals surface area contributed by atoms with Crippen LogP contribution in [0.2, 0.25) is 0 Å². The van der Waals surface area contributed by atoms with Crippen LogP contribution in [0.3, 0.4) is 0 Å². The third-order valence-corrected chi connectivity index (χ3v) is 1.88. The number of amides is 1. The topological polar surface area (TPSA) is 38.8 Å². The minimum atomic E-state index is -0.495. The first-order valence-corrected chi connectivity index (χ1v) is 5.17. The van der Waals surface area contributed by atoms with E-state index < -0.39 is 11.7 Å². The minimum absolute atomic E-state index is 0.0870. The Morgan fingerprint density at radius 2 is 1.93 bits per heavy atom. The molecule has 4 heteroatoms. The van der Waals surface area contributed by atoms with E-state index in [1.807, 2.05) is 46.8 Å². The number of rotatable bonds is 0. The van der Waals surface area contributed by atoms with Crippen molar-refractivity contribution in [2.45, 2.75) is 52.4 Å². The Labute approximate surface area is 90.8 Å². The summed E-state index contributed by atoms with van der Waals surface area (Å²) in [5.74, 6) is 0. The van der Waals surface area contributed by atoms with Crippen molar-refractivity contribution < 1.29 is 14.4 Å². The predicted molar refractivity (Wildman–Crippen MR) is 57.2 cm³/mol. The third kappa shape index (κ3) is 3.55. The van der Waals surface area contributed by atoms with Crippen molar-refractivity contribution in [1.82, 2.24) is 5.06 Å². The highest BCUT2D eigenvalue weighted by Crippen LogP contribution is 2.17. The molecule has 1 aliphatic rings. The Morgan fingerprint density at radius 3 is 2.47 bits per heavy atom. The summed E-state index contributed by atoms with van der Waals surface area (Å²) in [6.45, 7) is 9.25. The van der Waals surface area contributed by atoms with Crippen LogP contribution in [-0.4, -0.2) is 28.9 Å². The first-order valence-electron chi connectivity index (χ1n) is 5.17. The van der Waals surface area contributed by atoms with E-state index in [2.05, 4.69) is 0 Å². The van der Waals surface area contributed by atoms with Crippen molar-refractivity contribution >= 4 is 6.09 Å². The molecule has 0 radical (unpaired) electrons. The average molecular weight is 213 g/mol. The summed E-state index contributed by atoms with van der Waals surface area (Å²) in [6, 6.07) is -0.0870. The van der Waals surface area contributed by atoms with Crippen LogP contribution in [0.15, 0.2) is 12.2 Å². The summed E-state index contributed by atoms with van der Waals surface area (Å²) in [7, 11) is 0. The van der Waals surface area contributed by atoms with E-state index in [0.717, 1.165) is 0 Å². The van der Waals surface area contributed by atoms with Crippen LogP contribution >= 0.6 is 0 Å². The maximum Gasteiger partial charge on any atom is 0.435 e. The number of hydroxylamine groups is 2. The molecule has 0 fully saturated rings. The molecule has 0 aromatic heterocycles. The normalized spacial score (nSPS) is 26.6. The molecule has 86 valence electrons. The van der Waals surface area contributed by atoms with E-state index in [0.29, 0.717) is 0 Å². The van der Waals surface area contributed by atoms with Gasteiger partial charge in [0.2, 0.25) is 0 Å². The van der Waals surface area contributed by atoms with Gasteiger partial charge in [-0.25, -0.2) is 4.79 Å². The molecule has 0 aliphatic carbocycles. The van der Waals surface area contributed by atoms with E-state index in [1.165, 1.54) is 5.06 Å². The van der Waals surface area contributed by atoms with E-state index in [9.17, 15) is 4.79 Å². The lowest BCUT2D eigenvalue weighted by Gasteiger charge is -2.33. The van der Waals surface area contributed by atoms with Gasteiger partial charge < -0.3 is 4.74 Å². The molecule has 0 unspecified atom stereocenters. The fourth-order valence-corrected chi connectivity index (χ4v) is 1.22. The summed E-state index contributed by atoms with van der Waals surface area (Å²) in [4.78, 5) is 17.1. The van der Waals surface area contributed by atoms with Gasteiger partial charge in [-0.2, -0.15) is 5.06 Å². The number of ether oxygens (including phenoxy) is 1. The van der Waals surface area contributed by atoms with Gasteiger partial charge in [-0.1, -0.05) is 12.2 Å². The van der Waals surface area contributed by atoms with E-state index >= 15 is 0 Å². The molecule has 0 saturated carbocycles. The molecule has 1 heterocycles. The number of carbonyl (C=O) groups excluding carboxylic acids is 1. The van der Waals surface area contributed by atoms with Gasteiger partial charge in [-0.05, 0) is 34.6 Å². The monoisotopic (exact) mass is 213 g/mol. The highest BCUT2D eigenvalue weighted by molar-refractivity contribution is 5.67. The van der Waals surface area contributed by atoms with Crippen molar-refractivity contribution in [2.24, 2.45) is 0 Å². The molecule has 1 amide bonds. The van der Waals surface area contributed by atoms with Crippen LogP contribution in [0.5, 0.6) is 0 Å². The lowest BCUT2D eigenvalue weighted by molar-refractivity contribution is -0.182. The van der Waals surface area contributed by atoms with Crippen LogP contribution in [0.25, 0.3) is 0 Å². The Hall–Kier alpha value is -1.03. The molecule has 0 spiro atoms. The standard InChI is InChI=1S/C11H19NO3/c1-8-6-7-9(2)15-12(8)10(13)14-11(3,4)5/h6-9H,1-5H3/t8-,9+/m0/s1.